The van der Waals surface area contributed by atoms with E-state index in [-0.39, 0.29) is 11.3 Å². The lowest BCUT2D eigenvalue weighted by Crippen LogP contribution is -2.30. The Morgan fingerprint density at radius 3 is 2.53 bits per heavy atom. The summed E-state index contributed by atoms with van der Waals surface area (Å²) in [6.45, 7) is 1.44. The Labute approximate surface area is 178 Å². The summed E-state index contributed by atoms with van der Waals surface area (Å²) in [6.07, 6.45) is -0.0697. The number of nitrogens with zero attached hydrogens (tertiary/aromatic N) is 1. The Balaban J connectivity index is 1.61. The number of anilines is 2. The summed E-state index contributed by atoms with van der Waals surface area (Å²) in [4.78, 5) is 29.1. The molecule has 0 saturated heterocycles. The number of nitrogens with one attached hydrogen (secondary N) is 2. The molecule has 0 aliphatic carbocycles. The Morgan fingerprint density at radius 1 is 1.10 bits per heavy atom. The van der Waals surface area contributed by atoms with E-state index in [1.165, 1.54) is 42.5 Å². The van der Waals surface area contributed by atoms with Crippen molar-refractivity contribution in [1.82, 2.24) is 4.98 Å². The molecule has 1 aromatic heterocycles. The van der Waals surface area contributed by atoms with Crippen molar-refractivity contribution in [3.63, 3.8) is 0 Å². The van der Waals surface area contributed by atoms with Crippen molar-refractivity contribution in [3.8, 4) is 11.3 Å². The van der Waals surface area contributed by atoms with E-state index in [0.29, 0.717) is 5.13 Å². The number of thiazole rings is 1. The summed E-state index contributed by atoms with van der Waals surface area (Å²) in [7, 11) is -3.48. The van der Waals surface area contributed by atoms with Gasteiger partial charge in [0.05, 0.1) is 17.5 Å². The van der Waals surface area contributed by atoms with Gasteiger partial charge in [0.25, 0.3) is 5.91 Å². The Kier molecular flexibility index (Phi) is 6.48. The van der Waals surface area contributed by atoms with Crippen molar-refractivity contribution in [2.75, 3.05) is 16.3 Å². The standard InChI is InChI=1S/C20H19N3O5S2/c1-13(28-19(25)15-9-6-10-16(11-15)23-30(2,26)27)18(24)22-20-21-17(12-29-20)14-7-4-3-5-8-14/h3-13,23H,1-2H3,(H,21,22,24). The van der Waals surface area contributed by atoms with Crippen LogP contribution in [0.1, 0.15) is 17.3 Å². The number of sulfonamides is 1. The molecule has 156 valence electrons. The fraction of sp³-hybridized carbons (Fsp3) is 0.150. The number of amides is 1. The summed E-state index contributed by atoms with van der Waals surface area (Å²) in [6, 6.07) is 15.3. The van der Waals surface area contributed by atoms with Crippen LogP contribution in [0.3, 0.4) is 0 Å². The van der Waals surface area contributed by atoms with E-state index in [0.717, 1.165) is 17.5 Å². The van der Waals surface area contributed by atoms with Gasteiger partial charge in [-0.3, -0.25) is 14.8 Å². The SMILES string of the molecule is CC(OC(=O)c1cccc(NS(C)(=O)=O)c1)C(=O)Nc1nc(-c2ccccc2)cs1. The smallest absolute Gasteiger partial charge is 0.338 e. The predicted octanol–water partition coefficient (Wildman–Crippen LogP) is 3.37. The molecule has 0 fully saturated rings. The molecular weight excluding hydrogens is 426 g/mol. The summed E-state index contributed by atoms with van der Waals surface area (Å²) in [5.41, 5.74) is 2.00. The zero-order valence-corrected chi connectivity index (χ0v) is 17.8. The van der Waals surface area contributed by atoms with Crippen LogP contribution in [-0.4, -0.2) is 37.6 Å². The van der Waals surface area contributed by atoms with Crippen LogP contribution in [0.4, 0.5) is 10.8 Å². The monoisotopic (exact) mass is 445 g/mol. The van der Waals surface area contributed by atoms with Crippen LogP contribution in [0.5, 0.6) is 0 Å². The van der Waals surface area contributed by atoms with Crippen molar-refractivity contribution in [3.05, 3.63) is 65.5 Å². The van der Waals surface area contributed by atoms with Crippen molar-refractivity contribution >= 4 is 44.1 Å². The molecular formula is C20H19N3O5S2. The molecule has 2 aromatic carbocycles. The van der Waals surface area contributed by atoms with E-state index in [2.05, 4.69) is 15.0 Å². The molecule has 1 unspecified atom stereocenters. The van der Waals surface area contributed by atoms with Gasteiger partial charge in [0.15, 0.2) is 11.2 Å². The van der Waals surface area contributed by atoms with E-state index < -0.39 is 28.0 Å². The minimum absolute atomic E-state index is 0.115. The molecule has 3 aromatic rings. The molecule has 1 heterocycles. The first-order chi connectivity index (χ1) is 14.2. The summed E-state index contributed by atoms with van der Waals surface area (Å²) >= 11 is 1.26. The van der Waals surface area contributed by atoms with Gasteiger partial charge in [-0.2, -0.15) is 0 Å². The minimum atomic E-state index is -3.48. The second-order valence-corrected chi connectivity index (χ2v) is 9.00. The van der Waals surface area contributed by atoms with Gasteiger partial charge in [0, 0.05) is 16.6 Å². The molecule has 1 amide bonds. The molecule has 2 N–H and O–H groups in total. The van der Waals surface area contributed by atoms with Gasteiger partial charge < -0.3 is 4.74 Å². The predicted molar refractivity (Wildman–Crippen MR) is 116 cm³/mol. The number of esters is 1. The number of hydrogen-bond donors (Lipinski definition) is 2. The number of aromatic nitrogens is 1. The highest BCUT2D eigenvalue weighted by Crippen LogP contribution is 2.24. The van der Waals surface area contributed by atoms with E-state index in [1.54, 1.807) is 0 Å². The van der Waals surface area contributed by atoms with Gasteiger partial charge in [0.1, 0.15) is 0 Å². The van der Waals surface area contributed by atoms with Crippen LogP contribution in [0.15, 0.2) is 60.0 Å². The van der Waals surface area contributed by atoms with E-state index in [4.69, 9.17) is 4.74 Å². The van der Waals surface area contributed by atoms with Gasteiger partial charge in [-0.1, -0.05) is 36.4 Å². The molecule has 0 spiro atoms. The Bertz CT molecular complexity index is 1160. The van der Waals surface area contributed by atoms with Crippen molar-refractivity contribution < 1.29 is 22.7 Å². The van der Waals surface area contributed by atoms with Crippen LogP contribution in [0.2, 0.25) is 0 Å². The van der Waals surface area contributed by atoms with Gasteiger partial charge in [-0.25, -0.2) is 18.2 Å². The number of benzene rings is 2. The molecule has 0 aliphatic rings. The molecule has 30 heavy (non-hydrogen) atoms. The third-order valence-corrected chi connectivity index (χ3v) is 5.22. The molecule has 0 saturated carbocycles. The van der Waals surface area contributed by atoms with Crippen molar-refractivity contribution in [1.29, 1.82) is 0 Å². The van der Waals surface area contributed by atoms with E-state index in [1.807, 2.05) is 35.7 Å². The molecule has 0 bridgehead atoms. The van der Waals surface area contributed by atoms with Crippen LogP contribution in [-0.2, 0) is 19.6 Å². The average molecular weight is 446 g/mol. The summed E-state index contributed by atoms with van der Waals surface area (Å²) in [5.74, 6) is -1.28. The van der Waals surface area contributed by atoms with Crippen LogP contribution < -0.4 is 10.0 Å². The first-order valence-electron chi connectivity index (χ1n) is 8.82. The number of carbonyl (C=O) groups is 2. The molecule has 0 aliphatic heterocycles. The Morgan fingerprint density at radius 2 is 1.83 bits per heavy atom. The number of ether oxygens (including phenoxy) is 1. The van der Waals surface area contributed by atoms with E-state index >= 15 is 0 Å². The fourth-order valence-electron chi connectivity index (χ4n) is 2.49. The third kappa shape index (κ3) is 5.88. The van der Waals surface area contributed by atoms with Crippen molar-refractivity contribution in [2.24, 2.45) is 0 Å². The second-order valence-electron chi connectivity index (χ2n) is 6.40. The number of hydrogen-bond acceptors (Lipinski definition) is 7. The minimum Gasteiger partial charge on any atom is -0.449 e. The lowest BCUT2D eigenvalue weighted by Gasteiger charge is -2.13. The maximum Gasteiger partial charge on any atom is 0.338 e. The normalized spacial score (nSPS) is 12.1. The van der Waals surface area contributed by atoms with Crippen LogP contribution in [0.25, 0.3) is 11.3 Å². The maximum absolute atomic E-state index is 12.4. The molecule has 10 heteroatoms. The van der Waals surface area contributed by atoms with Crippen LogP contribution in [0, 0.1) is 0 Å². The highest BCUT2D eigenvalue weighted by molar-refractivity contribution is 7.92. The molecule has 1 atom stereocenters. The van der Waals surface area contributed by atoms with Gasteiger partial charge >= 0.3 is 5.97 Å². The average Bonchev–Trinajstić information content (AvgIpc) is 3.16. The first kappa shape index (κ1) is 21.5. The molecule has 3 rings (SSSR count). The first-order valence-corrected chi connectivity index (χ1v) is 11.6. The largest absolute Gasteiger partial charge is 0.449 e. The van der Waals surface area contributed by atoms with Gasteiger partial charge in [-0.15, -0.1) is 11.3 Å². The lowest BCUT2D eigenvalue weighted by atomic mass is 10.2. The van der Waals surface area contributed by atoms with Gasteiger partial charge in [-0.05, 0) is 25.1 Å². The zero-order chi connectivity index (χ0) is 21.7. The third-order valence-electron chi connectivity index (χ3n) is 3.86. The zero-order valence-electron chi connectivity index (χ0n) is 16.2. The van der Waals surface area contributed by atoms with E-state index in [9.17, 15) is 18.0 Å². The molecule has 0 radical (unpaired) electrons. The van der Waals surface area contributed by atoms with Crippen molar-refractivity contribution in [2.45, 2.75) is 13.0 Å². The maximum atomic E-state index is 12.4. The summed E-state index contributed by atoms with van der Waals surface area (Å²) < 4.78 is 30.1. The highest BCUT2D eigenvalue weighted by Gasteiger charge is 2.20. The fourth-order valence-corrected chi connectivity index (χ4v) is 3.76. The quantitative estimate of drug-likeness (QED) is 0.539. The molecule has 8 nitrogen and oxygen atoms in total. The van der Waals surface area contributed by atoms with Gasteiger partial charge in [0.2, 0.25) is 10.0 Å². The van der Waals surface area contributed by atoms with Crippen LogP contribution >= 0.6 is 11.3 Å². The number of carbonyl (C=O) groups excluding carboxylic acids is 2. The summed E-state index contributed by atoms with van der Waals surface area (Å²) in [5, 5.41) is 4.84. The topological polar surface area (TPSA) is 114 Å². The Hall–Kier alpha value is -3.24. The lowest BCUT2D eigenvalue weighted by molar-refractivity contribution is -0.123. The second kappa shape index (κ2) is 9.06. The number of rotatable bonds is 7. The highest BCUT2D eigenvalue weighted by atomic mass is 32.2.